The van der Waals surface area contributed by atoms with Crippen LogP contribution < -0.4 is 11.1 Å². The van der Waals surface area contributed by atoms with E-state index in [4.69, 9.17) is 22.1 Å². The minimum Gasteiger partial charge on any atom is -0.380 e. The first kappa shape index (κ1) is 18.2. The van der Waals surface area contributed by atoms with Gasteiger partial charge in [-0.15, -0.1) is 11.3 Å². The molecule has 0 bridgehead atoms. The van der Waals surface area contributed by atoms with E-state index in [1.54, 1.807) is 11.3 Å². The summed E-state index contributed by atoms with van der Waals surface area (Å²) >= 11 is 11.7. The SMILES string of the molecule is N[C@H]1CCCO[C@@H]1c1sc2c(NCc3ccccc3)cc(Cl)nc2c1Br. The first-order valence-corrected chi connectivity index (χ1v) is 10.6. The molecule has 1 aliphatic rings. The van der Waals surface area contributed by atoms with Crippen molar-refractivity contribution in [3.8, 4) is 0 Å². The van der Waals surface area contributed by atoms with E-state index in [1.165, 1.54) is 5.56 Å². The van der Waals surface area contributed by atoms with Gasteiger partial charge in [-0.1, -0.05) is 41.9 Å². The third-order valence-corrected chi connectivity index (χ3v) is 7.06. The van der Waals surface area contributed by atoms with Crippen LogP contribution in [-0.2, 0) is 11.3 Å². The van der Waals surface area contributed by atoms with Crippen LogP contribution >= 0.6 is 38.9 Å². The molecular weight excluding hydrogens is 434 g/mol. The van der Waals surface area contributed by atoms with Crippen LogP contribution in [0.3, 0.4) is 0 Å². The predicted octanol–water partition coefficient (Wildman–Crippen LogP) is 5.50. The van der Waals surface area contributed by atoms with Crippen molar-refractivity contribution in [2.24, 2.45) is 5.73 Å². The second-order valence-corrected chi connectivity index (χ2v) is 8.62. The molecule has 1 aliphatic heterocycles. The van der Waals surface area contributed by atoms with Crippen molar-refractivity contribution in [3.63, 3.8) is 0 Å². The Balaban J connectivity index is 1.70. The Morgan fingerprint density at radius 3 is 2.92 bits per heavy atom. The fourth-order valence-corrected chi connectivity index (χ4v) is 5.54. The Morgan fingerprint density at radius 2 is 2.15 bits per heavy atom. The maximum atomic E-state index is 6.30. The van der Waals surface area contributed by atoms with Gasteiger partial charge in [0.05, 0.1) is 25.3 Å². The van der Waals surface area contributed by atoms with Crippen LogP contribution in [0.4, 0.5) is 5.69 Å². The standard InChI is InChI=1S/C19H19BrClN3OS/c20-15-16-18(26-19(15)17-12(22)7-4-8-25-17)13(9-14(21)24-16)23-10-11-5-2-1-3-6-11/h1-3,5-6,9,12,17H,4,7-8,10,22H2,(H,23,24)/t12-,17-/m0/s1. The molecule has 2 aromatic heterocycles. The third kappa shape index (κ3) is 3.62. The molecule has 2 atom stereocenters. The number of benzene rings is 1. The number of thiophene rings is 1. The molecule has 1 fully saturated rings. The van der Waals surface area contributed by atoms with E-state index >= 15 is 0 Å². The molecule has 4 nitrogen and oxygen atoms in total. The zero-order valence-corrected chi connectivity index (χ0v) is 17.2. The Labute approximate surface area is 169 Å². The number of hydrogen-bond donors (Lipinski definition) is 2. The highest BCUT2D eigenvalue weighted by Gasteiger charge is 2.29. The number of nitrogens with one attached hydrogen (secondary N) is 1. The van der Waals surface area contributed by atoms with E-state index < -0.39 is 0 Å². The second-order valence-electron chi connectivity index (χ2n) is 6.39. The molecule has 0 saturated carbocycles. The molecule has 136 valence electrons. The minimum absolute atomic E-state index is 0.00399. The molecule has 1 saturated heterocycles. The van der Waals surface area contributed by atoms with Crippen LogP contribution in [0.1, 0.15) is 29.4 Å². The quantitative estimate of drug-likeness (QED) is 0.513. The number of rotatable bonds is 4. The summed E-state index contributed by atoms with van der Waals surface area (Å²) in [6, 6.07) is 12.2. The summed E-state index contributed by atoms with van der Waals surface area (Å²) in [4.78, 5) is 5.61. The molecule has 3 aromatic rings. The normalized spacial score (nSPS) is 20.4. The smallest absolute Gasteiger partial charge is 0.131 e. The van der Waals surface area contributed by atoms with Crippen molar-refractivity contribution < 1.29 is 4.74 Å². The van der Waals surface area contributed by atoms with Crippen LogP contribution in [0.25, 0.3) is 10.2 Å². The molecule has 0 unspecified atom stereocenters. The lowest BCUT2D eigenvalue weighted by Gasteiger charge is -2.28. The largest absolute Gasteiger partial charge is 0.380 e. The van der Waals surface area contributed by atoms with Crippen LogP contribution in [-0.4, -0.2) is 17.6 Å². The minimum atomic E-state index is -0.0990. The summed E-state index contributed by atoms with van der Waals surface area (Å²) in [5.74, 6) is 0. The van der Waals surface area contributed by atoms with Gasteiger partial charge in [0.2, 0.25) is 0 Å². The van der Waals surface area contributed by atoms with Crippen molar-refractivity contribution in [1.82, 2.24) is 4.98 Å². The summed E-state index contributed by atoms with van der Waals surface area (Å²) in [5, 5.41) is 3.96. The highest BCUT2D eigenvalue weighted by atomic mass is 79.9. The van der Waals surface area contributed by atoms with Crippen LogP contribution in [0, 0.1) is 0 Å². The third-order valence-electron chi connectivity index (χ3n) is 4.53. The van der Waals surface area contributed by atoms with Gasteiger partial charge < -0.3 is 15.8 Å². The number of anilines is 1. The van der Waals surface area contributed by atoms with E-state index in [0.29, 0.717) is 5.15 Å². The van der Waals surface area contributed by atoms with Gasteiger partial charge in [0, 0.05) is 25.3 Å². The molecule has 1 aromatic carbocycles. The van der Waals surface area contributed by atoms with E-state index in [0.717, 1.165) is 51.2 Å². The molecule has 3 N–H and O–H groups in total. The van der Waals surface area contributed by atoms with E-state index in [2.05, 4.69) is 38.4 Å². The molecule has 26 heavy (non-hydrogen) atoms. The van der Waals surface area contributed by atoms with Crippen LogP contribution in [0.15, 0.2) is 40.9 Å². The van der Waals surface area contributed by atoms with Crippen molar-refractivity contribution in [3.05, 3.63) is 56.5 Å². The molecule has 0 amide bonds. The zero-order chi connectivity index (χ0) is 18.1. The zero-order valence-electron chi connectivity index (χ0n) is 14.0. The van der Waals surface area contributed by atoms with Gasteiger partial charge >= 0.3 is 0 Å². The van der Waals surface area contributed by atoms with E-state index in [1.807, 2.05) is 24.3 Å². The van der Waals surface area contributed by atoms with Crippen LogP contribution in [0.2, 0.25) is 5.15 Å². The lowest BCUT2D eigenvalue weighted by Crippen LogP contribution is -2.34. The van der Waals surface area contributed by atoms with Gasteiger partial charge in [0.25, 0.3) is 0 Å². The summed E-state index contributed by atoms with van der Waals surface area (Å²) in [6.45, 7) is 1.47. The Morgan fingerprint density at radius 1 is 1.35 bits per heavy atom. The maximum Gasteiger partial charge on any atom is 0.131 e. The summed E-state index contributed by atoms with van der Waals surface area (Å²) in [7, 11) is 0. The number of pyridine rings is 1. The molecular formula is C19H19BrClN3OS. The van der Waals surface area contributed by atoms with Gasteiger partial charge in [-0.2, -0.15) is 0 Å². The Bertz CT molecular complexity index is 918. The first-order chi connectivity index (χ1) is 12.6. The summed E-state index contributed by atoms with van der Waals surface area (Å²) < 4.78 is 7.96. The van der Waals surface area contributed by atoms with Gasteiger partial charge in [0.15, 0.2) is 0 Å². The number of nitrogens with two attached hydrogens (primary N) is 1. The Kier molecular flexibility index (Phi) is 5.47. The summed E-state index contributed by atoms with van der Waals surface area (Å²) in [6.07, 6.45) is 1.88. The average molecular weight is 453 g/mol. The number of halogens is 2. The Hall–Kier alpha value is -1.18. The van der Waals surface area contributed by atoms with Gasteiger partial charge in [-0.3, -0.25) is 0 Å². The lowest BCUT2D eigenvalue weighted by atomic mass is 10.0. The van der Waals surface area contributed by atoms with Crippen molar-refractivity contribution in [1.29, 1.82) is 0 Å². The molecule has 0 radical (unpaired) electrons. The monoisotopic (exact) mass is 451 g/mol. The lowest BCUT2D eigenvalue weighted by molar-refractivity contribution is 0.00202. The van der Waals surface area contributed by atoms with Gasteiger partial charge in [0.1, 0.15) is 11.3 Å². The fraction of sp³-hybridized carbons (Fsp3) is 0.316. The number of aromatic nitrogens is 1. The topological polar surface area (TPSA) is 60.2 Å². The number of hydrogen-bond acceptors (Lipinski definition) is 5. The molecule has 0 aliphatic carbocycles. The van der Waals surface area contributed by atoms with Crippen molar-refractivity contribution in [2.75, 3.05) is 11.9 Å². The van der Waals surface area contributed by atoms with E-state index in [9.17, 15) is 0 Å². The van der Waals surface area contributed by atoms with Crippen molar-refractivity contribution >= 4 is 54.8 Å². The molecule has 3 heterocycles. The fourth-order valence-electron chi connectivity index (χ4n) is 3.21. The van der Waals surface area contributed by atoms with Gasteiger partial charge in [-0.05, 0) is 34.3 Å². The maximum absolute atomic E-state index is 6.30. The molecule has 7 heteroatoms. The first-order valence-electron chi connectivity index (χ1n) is 8.57. The van der Waals surface area contributed by atoms with Crippen molar-refractivity contribution in [2.45, 2.75) is 31.5 Å². The number of ether oxygens (including phenoxy) is 1. The summed E-state index contributed by atoms with van der Waals surface area (Å²) in [5.41, 5.74) is 9.35. The van der Waals surface area contributed by atoms with E-state index in [-0.39, 0.29) is 12.1 Å². The molecule has 4 rings (SSSR count). The van der Waals surface area contributed by atoms with Crippen LogP contribution in [0.5, 0.6) is 0 Å². The highest BCUT2D eigenvalue weighted by Crippen LogP contribution is 2.45. The molecule has 0 spiro atoms. The number of fused-ring (bicyclic) bond motifs is 1. The number of nitrogens with zero attached hydrogens (tertiary/aromatic N) is 1. The highest BCUT2D eigenvalue weighted by molar-refractivity contribution is 9.10. The van der Waals surface area contributed by atoms with Gasteiger partial charge in [-0.25, -0.2) is 4.98 Å². The second kappa shape index (κ2) is 7.82. The average Bonchev–Trinajstić information content (AvgIpc) is 2.98. The predicted molar refractivity (Wildman–Crippen MR) is 112 cm³/mol.